The van der Waals surface area contributed by atoms with Crippen molar-refractivity contribution in [3.8, 4) is 17.2 Å². The van der Waals surface area contributed by atoms with Gasteiger partial charge in [-0.25, -0.2) is 4.79 Å². The average Bonchev–Trinajstić information content (AvgIpc) is 2.58. The summed E-state index contributed by atoms with van der Waals surface area (Å²) in [5, 5.41) is 0. The quantitative estimate of drug-likeness (QED) is 0.518. The molecule has 0 bridgehead atoms. The van der Waals surface area contributed by atoms with Gasteiger partial charge in [0.05, 0.1) is 7.11 Å². The summed E-state index contributed by atoms with van der Waals surface area (Å²) in [5.74, 6) is 1.32. The molecule has 0 amide bonds. The highest BCUT2D eigenvalue weighted by atomic mass is 79.9. The van der Waals surface area contributed by atoms with Crippen molar-refractivity contribution in [1.82, 2.24) is 0 Å². The van der Waals surface area contributed by atoms with E-state index >= 15 is 0 Å². The van der Waals surface area contributed by atoms with Crippen LogP contribution < -0.4 is 14.2 Å². The molecule has 2 aromatic rings. The third kappa shape index (κ3) is 5.83. The fourth-order valence-corrected chi connectivity index (χ4v) is 2.03. The average molecular weight is 381 g/mol. The molecular formula is C17H17BrO5. The Bertz CT molecular complexity index is 627. The van der Waals surface area contributed by atoms with Gasteiger partial charge in [0.15, 0.2) is 18.1 Å². The summed E-state index contributed by atoms with van der Waals surface area (Å²) in [7, 11) is 1.54. The van der Waals surface area contributed by atoms with E-state index in [1.54, 1.807) is 25.3 Å². The van der Waals surface area contributed by atoms with Crippen LogP contribution in [0.25, 0.3) is 0 Å². The number of hydrogen-bond acceptors (Lipinski definition) is 5. The summed E-state index contributed by atoms with van der Waals surface area (Å²) in [6.45, 7) is 0.255. The lowest BCUT2D eigenvalue weighted by Gasteiger charge is -2.10. The predicted molar refractivity (Wildman–Crippen MR) is 89.1 cm³/mol. The van der Waals surface area contributed by atoms with Crippen molar-refractivity contribution in [2.45, 2.75) is 0 Å². The summed E-state index contributed by atoms with van der Waals surface area (Å²) in [6, 6.07) is 14.5. The Morgan fingerprint density at radius 3 is 2.35 bits per heavy atom. The number of para-hydroxylation sites is 2. The van der Waals surface area contributed by atoms with Crippen LogP contribution in [0.2, 0.25) is 0 Å². The van der Waals surface area contributed by atoms with E-state index in [-0.39, 0.29) is 19.8 Å². The second-order valence-corrected chi connectivity index (χ2v) is 5.38. The zero-order chi connectivity index (χ0) is 16.5. The first kappa shape index (κ1) is 17.1. The summed E-state index contributed by atoms with van der Waals surface area (Å²) in [6.07, 6.45) is 0. The van der Waals surface area contributed by atoms with Crippen molar-refractivity contribution in [3.05, 3.63) is 53.0 Å². The molecule has 0 fully saturated rings. The number of hydrogen-bond donors (Lipinski definition) is 0. The SMILES string of the molecule is COc1ccccc1OCC(=O)OCCOc1ccc(Br)cc1. The molecule has 0 aliphatic heterocycles. The smallest absolute Gasteiger partial charge is 0.344 e. The molecule has 0 aliphatic carbocycles. The largest absolute Gasteiger partial charge is 0.493 e. The fourth-order valence-electron chi connectivity index (χ4n) is 1.76. The van der Waals surface area contributed by atoms with E-state index in [0.717, 1.165) is 10.2 Å². The van der Waals surface area contributed by atoms with Crippen molar-refractivity contribution in [3.63, 3.8) is 0 Å². The molecule has 0 saturated carbocycles. The Morgan fingerprint density at radius 2 is 1.65 bits per heavy atom. The van der Waals surface area contributed by atoms with Gasteiger partial charge in [0, 0.05) is 4.47 Å². The summed E-state index contributed by atoms with van der Waals surface area (Å²) < 4.78 is 22.0. The Balaban J connectivity index is 1.66. The van der Waals surface area contributed by atoms with Gasteiger partial charge in [-0.05, 0) is 36.4 Å². The monoisotopic (exact) mass is 380 g/mol. The first-order valence-electron chi connectivity index (χ1n) is 6.99. The second kappa shape index (κ2) is 9.05. The highest BCUT2D eigenvalue weighted by Gasteiger charge is 2.07. The third-order valence-corrected chi connectivity index (χ3v) is 3.37. The minimum absolute atomic E-state index is 0.157. The fraction of sp³-hybridized carbons (Fsp3) is 0.235. The summed E-state index contributed by atoms with van der Waals surface area (Å²) >= 11 is 3.35. The minimum Gasteiger partial charge on any atom is -0.493 e. The Kier molecular flexibility index (Phi) is 6.75. The lowest BCUT2D eigenvalue weighted by atomic mass is 10.3. The number of ether oxygens (including phenoxy) is 4. The number of benzene rings is 2. The molecule has 0 atom stereocenters. The molecule has 0 N–H and O–H groups in total. The Morgan fingerprint density at radius 1 is 0.957 bits per heavy atom. The van der Waals surface area contributed by atoms with Crippen molar-refractivity contribution in [2.24, 2.45) is 0 Å². The standard InChI is InChI=1S/C17H17BrO5/c1-20-15-4-2-3-5-16(15)23-12-17(19)22-11-10-21-14-8-6-13(18)7-9-14/h2-9H,10-12H2,1H3. The van der Waals surface area contributed by atoms with E-state index in [2.05, 4.69) is 15.9 Å². The van der Waals surface area contributed by atoms with Gasteiger partial charge in [-0.2, -0.15) is 0 Å². The predicted octanol–water partition coefficient (Wildman–Crippen LogP) is 3.46. The van der Waals surface area contributed by atoms with E-state index in [0.29, 0.717) is 11.5 Å². The second-order valence-electron chi connectivity index (χ2n) is 4.46. The zero-order valence-corrected chi connectivity index (χ0v) is 14.2. The van der Waals surface area contributed by atoms with E-state index in [1.165, 1.54) is 0 Å². The van der Waals surface area contributed by atoms with Crippen molar-refractivity contribution in [2.75, 3.05) is 26.9 Å². The summed E-state index contributed by atoms with van der Waals surface area (Å²) in [5.41, 5.74) is 0. The third-order valence-electron chi connectivity index (χ3n) is 2.84. The molecule has 0 saturated heterocycles. The molecule has 122 valence electrons. The van der Waals surface area contributed by atoms with Crippen molar-refractivity contribution >= 4 is 21.9 Å². The van der Waals surface area contributed by atoms with Gasteiger partial charge in [-0.15, -0.1) is 0 Å². The van der Waals surface area contributed by atoms with Crippen LogP contribution in [-0.2, 0) is 9.53 Å². The van der Waals surface area contributed by atoms with Crippen LogP contribution in [0.15, 0.2) is 53.0 Å². The molecule has 0 aromatic heterocycles. The first-order valence-corrected chi connectivity index (χ1v) is 7.78. The number of halogens is 1. The van der Waals surface area contributed by atoms with Gasteiger partial charge >= 0.3 is 5.97 Å². The van der Waals surface area contributed by atoms with Gasteiger partial charge in [0.1, 0.15) is 19.0 Å². The van der Waals surface area contributed by atoms with Crippen LogP contribution in [0, 0.1) is 0 Å². The molecule has 2 aromatic carbocycles. The highest BCUT2D eigenvalue weighted by molar-refractivity contribution is 9.10. The number of esters is 1. The molecule has 0 heterocycles. The highest BCUT2D eigenvalue weighted by Crippen LogP contribution is 2.25. The van der Waals surface area contributed by atoms with Crippen LogP contribution in [0.5, 0.6) is 17.2 Å². The number of methoxy groups -OCH3 is 1. The van der Waals surface area contributed by atoms with E-state index in [9.17, 15) is 4.79 Å². The molecule has 0 aliphatic rings. The zero-order valence-electron chi connectivity index (χ0n) is 12.7. The molecule has 6 heteroatoms. The number of rotatable bonds is 8. The van der Waals surface area contributed by atoms with E-state index in [4.69, 9.17) is 18.9 Å². The molecular weight excluding hydrogens is 364 g/mol. The molecule has 23 heavy (non-hydrogen) atoms. The normalized spacial score (nSPS) is 10.0. The van der Waals surface area contributed by atoms with Crippen LogP contribution in [-0.4, -0.2) is 32.9 Å². The van der Waals surface area contributed by atoms with Crippen LogP contribution >= 0.6 is 15.9 Å². The van der Waals surface area contributed by atoms with Crippen molar-refractivity contribution < 1.29 is 23.7 Å². The topological polar surface area (TPSA) is 54.0 Å². The number of carbonyl (C=O) groups excluding carboxylic acids is 1. The Labute approximate surface area is 143 Å². The number of carbonyl (C=O) groups is 1. The van der Waals surface area contributed by atoms with E-state index in [1.807, 2.05) is 30.3 Å². The van der Waals surface area contributed by atoms with Gasteiger partial charge in [-0.1, -0.05) is 28.1 Å². The Hall–Kier alpha value is -2.21. The maximum Gasteiger partial charge on any atom is 0.344 e. The summed E-state index contributed by atoms with van der Waals surface area (Å²) in [4.78, 5) is 11.6. The van der Waals surface area contributed by atoms with Crippen molar-refractivity contribution in [1.29, 1.82) is 0 Å². The maximum atomic E-state index is 11.6. The van der Waals surface area contributed by atoms with Gasteiger partial charge in [-0.3, -0.25) is 0 Å². The molecule has 0 radical (unpaired) electrons. The van der Waals surface area contributed by atoms with Gasteiger partial charge in [0.2, 0.25) is 0 Å². The van der Waals surface area contributed by atoms with E-state index < -0.39 is 5.97 Å². The lowest BCUT2D eigenvalue weighted by molar-refractivity contribution is -0.146. The minimum atomic E-state index is -0.463. The van der Waals surface area contributed by atoms with Gasteiger partial charge in [0.25, 0.3) is 0 Å². The maximum absolute atomic E-state index is 11.6. The molecule has 0 spiro atoms. The van der Waals surface area contributed by atoms with Crippen LogP contribution in [0.3, 0.4) is 0 Å². The van der Waals surface area contributed by atoms with Crippen LogP contribution in [0.4, 0.5) is 0 Å². The van der Waals surface area contributed by atoms with Gasteiger partial charge < -0.3 is 18.9 Å². The molecule has 0 unspecified atom stereocenters. The first-order chi connectivity index (χ1) is 11.2. The molecule has 2 rings (SSSR count). The lowest BCUT2D eigenvalue weighted by Crippen LogP contribution is -2.18. The van der Waals surface area contributed by atoms with Crippen LogP contribution in [0.1, 0.15) is 0 Å². The molecule has 5 nitrogen and oxygen atoms in total.